The Morgan fingerprint density at radius 2 is 1.48 bits per heavy atom. The first-order valence-corrected chi connectivity index (χ1v) is 18.2. The zero-order valence-electron chi connectivity index (χ0n) is 28.0. The van der Waals surface area contributed by atoms with E-state index in [0.717, 1.165) is 32.2 Å². The summed E-state index contributed by atoms with van der Waals surface area (Å²) in [5.74, 6) is -2.12. The Hall–Kier alpha value is -5.55. The zero-order chi connectivity index (χ0) is 36.6. The molecule has 0 radical (unpaired) electrons. The van der Waals surface area contributed by atoms with E-state index in [9.17, 15) is 18.8 Å². The maximum absolute atomic E-state index is 14.7. The second kappa shape index (κ2) is 16.6. The van der Waals surface area contributed by atoms with E-state index in [2.05, 4.69) is 16.0 Å². The molecule has 0 aliphatic carbocycles. The standard InChI is InChI=1S/C41H32ClFN4O3S2/c1-25-16-18-27(19-17-25)36-26(2)51-41(46-36)47-40(50)37(28-10-5-3-6-11-28)52-31-22-20-30(21-23-31)44-39(49)35(24-32-33(42)14-9-15-34(32)43)45-38(48)29-12-7-4-8-13-29/h3-24,37H,1-2H3,(H,44,49)(H,45,48)(H,46,47,50)/b35-24-. The maximum atomic E-state index is 14.7. The highest BCUT2D eigenvalue weighted by Crippen LogP contribution is 2.38. The van der Waals surface area contributed by atoms with Crippen molar-refractivity contribution >= 4 is 69.3 Å². The lowest BCUT2D eigenvalue weighted by molar-refractivity contribution is -0.116. The van der Waals surface area contributed by atoms with Gasteiger partial charge in [0.2, 0.25) is 5.91 Å². The smallest absolute Gasteiger partial charge is 0.272 e. The lowest BCUT2D eigenvalue weighted by Gasteiger charge is -2.17. The summed E-state index contributed by atoms with van der Waals surface area (Å²) in [4.78, 5) is 46.8. The summed E-state index contributed by atoms with van der Waals surface area (Å²) in [7, 11) is 0. The molecule has 5 aromatic carbocycles. The van der Waals surface area contributed by atoms with E-state index in [1.807, 2.05) is 68.4 Å². The van der Waals surface area contributed by atoms with Crippen LogP contribution >= 0.6 is 34.7 Å². The molecule has 3 amide bonds. The number of thiazole rings is 1. The van der Waals surface area contributed by atoms with Crippen LogP contribution in [0.15, 0.2) is 138 Å². The number of aromatic nitrogens is 1. The average Bonchev–Trinajstić information content (AvgIpc) is 3.52. The second-order valence-corrected chi connectivity index (χ2v) is 14.5. The minimum Gasteiger partial charge on any atom is -0.321 e. The van der Waals surface area contributed by atoms with E-state index in [0.29, 0.717) is 16.4 Å². The topological polar surface area (TPSA) is 100 Å². The van der Waals surface area contributed by atoms with Crippen LogP contribution in [0.25, 0.3) is 17.3 Å². The van der Waals surface area contributed by atoms with Gasteiger partial charge >= 0.3 is 0 Å². The first-order chi connectivity index (χ1) is 25.1. The van der Waals surface area contributed by atoms with Crippen LogP contribution in [-0.4, -0.2) is 22.7 Å². The van der Waals surface area contributed by atoms with Gasteiger partial charge < -0.3 is 16.0 Å². The van der Waals surface area contributed by atoms with Gasteiger partial charge in [-0.1, -0.05) is 96.0 Å². The fraction of sp³-hybridized carbons (Fsp3) is 0.0732. The van der Waals surface area contributed by atoms with Crippen LogP contribution in [0.4, 0.5) is 15.2 Å². The SMILES string of the molecule is Cc1ccc(-c2nc(NC(=O)C(Sc3ccc(NC(=O)/C(=C/c4c(F)cccc4Cl)NC(=O)c4ccccc4)cc3)c3ccccc3)sc2C)cc1. The average molecular weight is 747 g/mol. The van der Waals surface area contributed by atoms with E-state index in [-0.39, 0.29) is 22.2 Å². The molecule has 52 heavy (non-hydrogen) atoms. The van der Waals surface area contributed by atoms with E-state index in [4.69, 9.17) is 16.6 Å². The third kappa shape index (κ3) is 9.02. The first kappa shape index (κ1) is 36.2. The summed E-state index contributed by atoms with van der Waals surface area (Å²) in [6.45, 7) is 4.01. The quantitative estimate of drug-likeness (QED) is 0.0906. The van der Waals surface area contributed by atoms with Crippen LogP contribution in [0.1, 0.15) is 37.2 Å². The van der Waals surface area contributed by atoms with E-state index < -0.39 is 22.9 Å². The molecule has 0 bridgehead atoms. The number of rotatable bonds is 11. The lowest BCUT2D eigenvalue weighted by Crippen LogP contribution is -2.30. The summed E-state index contributed by atoms with van der Waals surface area (Å²) < 4.78 is 14.7. The molecule has 0 aliphatic rings. The number of anilines is 2. The molecule has 7 nitrogen and oxygen atoms in total. The summed E-state index contributed by atoms with van der Waals surface area (Å²) in [5.41, 5.74) is 4.26. The van der Waals surface area contributed by atoms with Crippen molar-refractivity contribution in [3.63, 3.8) is 0 Å². The molecule has 0 spiro atoms. The molecule has 3 N–H and O–H groups in total. The molecule has 1 atom stereocenters. The molecule has 0 saturated carbocycles. The van der Waals surface area contributed by atoms with Gasteiger partial charge in [0.25, 0.3) is 11.8 Å². The van der Waals surface area contributed by atoms with Crippen molar-refractivity contribution in [3.05, 3.63) is 171 Å². The van der Waals surface area contributed by atoms with Gasteiger partial charge in [-0.3, -0.25) is 14.4 Å². The highest BCUT2D eigenvalue weighted by atomic mass is 35.5. The van der Waals surface area contributed by atoms with Crippen molar-refractivity contribution in [2.75, 3.05) is 10.6 Å². The van der Waals surface area contributed by atoms with Crippen LogP contribution in [-0.2, 0) is 9.59 Å². The summed E-state index contributed by atoms with van der Waals surface area (Å²) in [6, 6.07) is 37.0. The lowest BCUT2D eigenvalue weighted by atomic mass is 10.1. The minimum absolute atomic E-state index is 0.0426. The van der Waals surface area contributed by atoms with Crippen LogP contribution in [0.3, 0.4) is 0 Å². The summed E-state index contributed by atoms with van der Waals surface area (Å²) >= 11 is 9.01. The molecule has 6 rings (SSSR count). The molecule has 0 aliphatic heterocycles. The first-order valence-electron chi connectivity index (χ1n) is 16.1. The van der Waals surface area contributed by atoms with Crippen molar-refractivity contribution in [2.45, 2.75) is 24.0 Å². The molecular formula is C41H32ClFN4O3S2. The summed E-state index contributed by atoms with van der Waals surface area (Å²) in [5, 5.41) is 8.36. The van der Waals surface area contributed by atoms with E-state index >= 15 is 0 Å². The number of hydrogen-bond donors (Lipinski definition) is 3. The number of nitrogens with zero attached hydrogens (tertiary/aromatic N) is 1. The van der Waals surface area contributed by atoms with Crippen molar-refractivity contribution in [1.82, 2.24) is 10.3 Å². The van der Waals surface area contributed by atoms with Crippen molar-refractivity contribution < 1.29 is 18.8 Å². The van der Waals surface area contributed by atoms with Crippen molar-refractivity contribution in [2.24, 2.45) is 0 Å². The van der Waals surface area contributed by atoms with Gasteiger partial charge in [0, 0.05) is 32.2 Å². The Kier molecular flexibility index (Phi) is 11.6. The molecule has 0 fully saturated rings. The van der Waals surface area contributed by atoms with E-state index in [1.54, 1.807) is 54.6 Å². The maximum Gasteiger partial charge on any atom is 0.272 e. The van der Waals surface area contributed by atoms with Gasteiger partial charge in [0.15, 0.2) is 5.13 Å². The van der Waals surface area contributed by atoms with Crippen molar-refractivity contribution in [3.8, 4) is 11.3 Å². The number of carbonyl (C=O) groups is 3. The van der Waals surface area contributed by atoms with Gasteiger partial charge in [-0.05, 0) is 74.0 Å². The fourth-order valence-electron chi connectivity index (χ4n) is 5.19. The fourth-order valence-corrected chi connectivity index (χ4v) is 7.27. The van der Waals surface area contributed by atoms with E-state index in [1.165, 1.54) is 47.4 Å². The number of aryl methyl sites for hydroxylation is 2. The molecule has 6 aromatic rings. The third-order valence-electron chi connectivity index (χ3n) is 7.88. The molecule has 0 saturated heterocycles. The monoisotopic (exact) mass is 746 g/mol. The van der Waals surface area contributed by atoms with Gasteiger partial charge in [0.05, 0.1) is 10.7 Å². The Morgan fingerprint density at radius 1 is 0.808 bits per heavy atom. The van der Waals surface area contributed by atoms with Gasteiger partial charge in [-0.2, -0.15) is 0 Å². The summed E-state index contributed by atoms with van der Waals surface area (Å²) in [6.07, 6.45) is 1.20. The Labute approximate surface area is 314 Å². The molecule has 11 heteroatoms. The largest absolute Gasteiger partial charge is 0.321 e. The number of benzene rings is 5. The van der Waals surface area contributed by atoms with Crippen LogP contribution in [0.2, 0.25) is 5.02 Å². The van der Waals surface area contributed by atoms with Crippen molar-refractivity contribution in [1.29, 1.82) is 0 Å². The number of amides is 3. The van der Waals surface area contributed by atoms with Crippen LogP contribution < -0.4 is 16.0 Å². The zero-order valence-corrected chi connectivity index (χ0v) is 30.4. The molecule has 1 heterocycles. The Balaban J connectivity index is 1.19. The second-order valence-electron chi connectivity index (χ2n) is 11.7. The third-order valence-corrected chi connectivity index (χ3v) is 10.4. The molecular weight excluding hydrogens is 715 g/mol. The Bertz CT molecular complexity index is 2220. The number of halogens is 2. The van der Waals surface area contributed by atoms with Gasteiger partial charge in [0.1, 0.15) is 16.8 Å². The van der Waals surface area contributed by atoms with Gasteiger partial charge in [-0.15, -0.1) is 23.1 Å². The molecule has 1 unspecified atom stereocenters. The predicted molar refractivity (Wildman–Crippen MR) is 209 cm³/mol. The Morgan fingerprint density at radius 3 is 2.15 bits per heavy atom. The number of thioether (sulfide) groups is 1. The number of hydrogen-bond acceptors (Lipinski definition) is 6. The molecule has 260 valence electrons. The minimum atomic E-state index is -0.686. The molecule has 1 aromatic heterocycles. The van der Waals surface area contributed by atoms with Crippen LogP contribution in [0.5, 0.6) is 0 Å². The highest BCUT2D eigenvalue weighted by Gasteiger charge is 2.24. The number of carbonyl (C=O) groups excluding carboxylic acids is 3. The number of nitrogens with one attached hydrogen (secondary N) is 3. The van der Waals surface area contributed by atoms with Crippen LogP contribution in [0, 0.1) is 19.7 Å². The normalized spacial score (nSPS) is 11.8. The predicted octanol–water partition coefficient (Wildman–Crippen LogP) is 10.1. The van der Waals surface area contributed by atoms with Gasteiger partial charge in [-0.25, -0.2) is 9.37 Å². The highest BCUT2D eigenvalue weighted by molar-refractivity contribution is 8.00.